The quantitative estimate of drug-likeness (QED) is 0.854. The van der Waals surface area contributed by atoms with E-state index in [1.807, 2.05) is 0 Å². The number of nitrogens with zero attached hydrogens (tertiary/aromatic N) is 2. The molecule has 110 valence electrons. The average molecular weight is 280 g/mol. The van der Waals surface area contributed by atoms with Crippen LogP contribution in [0.3, 0.4) is 0 Å². The van der Waals surface area contributed by atoms with Gasteiger partial charge in [-0.3, -0.25) is 9.59 Å². The first-order chi connectivity index (χ1) is 9.40. The molecular weight excluding hydrogens is 260 g/mol. The van der Waals surface area contributed by atoms with Crippen molar-refractivity contribution in [2.24, 2.45) is 5.92 Å². The van der Waals surface area contributed by atoms with Crippen LogP contribution in [0.25, 0.3) is 0 Å². The molecule has 0 unspecified atom stereocenters. The van der Waals surface area contributed by atoms with Crippen LogP contribution in [0.5, 0.6) is 0 Å². The molecule has 1 N–H and O–H groups in total. The SMILES string of the molecule is Cc1noc(C)c1CC(=O)N(C[C@H](C)C(=O)O)C1CC1. The Morgan fingerprint density at radius 1 is 1.45 bits per heavy atom. The molecule has 2 rings (SSSR count). The highest BCUT2D eigenvalue weighted by atomic mass is 16.5. The number of amides is 1. The lowest BCUT2D eigenvalue weighted by molar-refractivity contribution is -0.143. The fraction of sp³-hybridized carbons (Fsp3) is 0.643. The number of hydrogen-bond acceptors (Lipinski definition) is 4. The monoisotopic (exact) mass is 280 g/mol. The van der Waals surface area contributed by atoms with E-state index in [0.29, 0.717) is 5.76 Å². The molecule has 0 bridgehead atoms. The Morgan fingerprint density at radius 3 is 2.55 bits per heavy atom. The van der Waals surface area contributed by atoms with Crippen molar-refractivity contribution in [2.75, 3.05) is 6.54 Å². The smallest absolute Gasteiger partial charge is 0.308 e. The fourth-order valence-electron chi connectivity index (χ4n) is 2.22. The van der Waals surface area contributed by atoms with Gasteiger partial charge in [0.15, 0.2) is 0 Å². The standard InChI is InChI=1S/C14H20N2O4/c1-8(14(18)19)7-16(11-4-5-11)13(17)6-12-9(2)15-20-10(12)3/h8,11H,4-7H2,1-3H3,(H,18,19)/t8-/m0/s1. The van der Waals surface area contributed by atoms with Crippen molar-refractivity contribution in [1.29, 1.82) is 0 Å². The normalized spacial score (nSPS) is 15.9. The first-order valence-corrected chi connectivity index (χ1v) is 6.84. The molecule has 0 spiro atoms. The lowest BCUT2D eigenvalue weighted by atomic mass is 10.1. The lowest BCUT2D eigenvalue weighted by Crippen LogP contribution is -2.39. The Morgan fingerprint density at radius 2 is 2.10 bits per heavy atom. The van der Waals surface area contributed by atoms with Gasteiger partial charge < -0.3 is 14.5 Å². The second kappa shape index (κ2) is 5.64. The van der Waals surface area contributed by atoms with Crippen LogP contribution in [-0.4, -0.2) is 39.6 Å². The number of carboxylic acids is 1. The van der Waals surface area contributed by atoms with Crippen molar-refractivity contribution in [1.82, 2.24) is 10.1 Å². The molecule has 0 radical (unpaired) electrons. The van der Waals surface area contributed by atoms with Crippen LogP contribution >= 0.6 is 0 Å². The second-order valence-electron chi connectivity index (χ2n) is 5.50. The van der Waals surface area contributed by atoms with E-state index in [2.05, 4.69) is 5.16 Å². The first-order valence-electron chi connectivity index (χ1n) is 6.84. The van der Waals surface area contributed by atoms with Crippen LogP contribution < -0.4 is 0 Å². The number of hydrogen-bond donors (Lipinski definition) is 1. The molecule has 1 amide bonds. The van der Waals surface area contributed by atoms with Crippen molar-refractivity contribution in [3.05, 3.63) is 17.0 Å². The van der Waals surface area contributed by atoms with E-state index in [1.54, 1.807) is 25.7 Å². The summed E-state index contributed by atoms with van der Waals surface area (Å²) in [5, 5.41) is 12.8. The van der Waals surface area contributed by atoms with Crippen molar-refractivity contribution in [2.45, 2.75) is 46.1 Å². The van der Waals surface area contributed by atoms with Gasteiger partial charge in [0, 0.05) is 18.2 Å². The van der Waals surface area contributed by atoms with Gasteiger partial charge in [-0.05, 0) is 26.7 Å². The third-order valence-corrected chi connectivity index (χ3v) is 3.71. The fourth-order valence-corrected chi connectivity index (χ4v) is 2.22. The highest BCUT2D eigenvalue weighted by Gasteiger charge is 2.34. The van der Waals surface area contributed by atoms with Crippen LogP contribution in [0.1, 0.15) is 36.8 Å². The van der Waals surface area contributed by atoms with Crippen LogP contribution in [0.4, 0.5) is 0 Å². The lowest BCUT2D eigenvalue weighted by Gasteiger charge is -2.24. The highest BCUT2D eigenvalue weighted by molar-refractivity contribution is 5.80. The molecule has 1 atom stereocenters. The Kier molecular flexibility index (Phi) is 4.11. The number of aryl methyl sites for hydroxylation is 2. The molecule has 0 aromatic carbocycles. The highest BCUT2D eigenvalue weighted by Crippen LogP contribution is 2.28. The number of aliphatic carboxylic acids is 1. The molecule has 0 saturated heterocycles. The largest absolute Gasteiger partial charge is 0.481 e. The van der Waals surface area contributed by atoms with E-state index < -0.39 is 11.9 Å². The van der Waals surface area contributed by atoms with Gasteiger partial charge in [0.05, 0.1) is 18.0 Å². The molecule has 6 nitrogen and oxygen atoms in total. The summed E-state index contributed by atoms with van der Waals surface area (Å²) >= 11 is 0. The summed E-state index contributed by atoms with van der Waals surface area (Å²) in [4.78, 5) is 25.1. The van der Waals surface area contributed by atoms with E-state index in [1.165, 1.54) is 0 Å². The van der Waals surface area contributed by atoms with Crippen molar-refractivity contribution >= 4 is 11.9 Å². The number of aromatic nitrogens is 1. The van der Waals surface area contributed by atoms with Gasteiger partial charge in [0.25, 0.3) is 0 Å². The maximum atomic E-state index is 12.4. The summed E-state index contributed by atoms with van der Waals surface area (Å²) in [6.45, 7) is 5.48. The van der Waals surface area contributed by atoms with Crippen molar-refractivity contribution in [3.63, 3.8) is 0 Å². The summed E-state index contributed by atoms with van der Waals surface area (Å²) in [5.74, 6) is -0.821. The van der Waals surface area contributed by atoms with Gasteiger partial charge in [-0.25, -0.2) is 0 Å². The van der Waals surface area contributed by atoms with Gasteiger partial charge in [0.1, 0.15) is 5.76 Å². The Balaban J connectivity index is 2.06. The summed E-state index contributed by atoms with van der Waals surface area (Å²) in [6, 6.07) is 0.199. The molecule has 1 aromatic heterocycles. The van der Waals surface area contributed by atoms with E-state index >= 15 is 0 Å². The van der Waals surface area contributed by atoms with Crippen LogP contribution in [0, 0.1) is 19.8 Å². The maximum absolute atomic E-state index is 12.4. The molecular formula is C14H20N2O4. The third kappa shape index (κ3) is 3.18. The Hall–Kier alpha value is -1.85. The summed E-state index contributed by atoms with van der Waals surface area (Å²) in [5.41, 5.74) is 1.53. The molecule has 1 fully saturated rings. The predicted molar refractivity (Wildman–Crippen MR) is 71.2 cm³/mol. The minimum Gasteiger partial charge on any atom is -0.481 e. The van der Waals surface area contributed by atoms with E-state index in [9.17, 15) is 9.59 Å². The number of carbonyl (C=O) groups excluding carboxylic acids is 1. The average Bonchev–Trinajstić information content (AvgIpc) is 3.17. The van der Waals surface area contributed by atoms with E-state index in [0.717, 1.165) is 24.1 Å². The van der Waals surface area contributed by atoms with Crippen molar-refractivity contribution < 1.29 is 19.2 Å². The van der Waals surface area contributed by atoms with Crippen LogP contribution in [0.2, 0.25) is 0 Å². The molecule has 20 heavy (non-hydrogen) atoms. The zero-order valence-electron chi connectivity index (χ0n) is 12.0. The van der Waals surface area contributed by atoms with Gasteiger partial charge in [-0.15, -0.1) is 0 Å². The van der Waals surface area contributed by atoms with Crippen LogP contribution in [0.15, 0.2) is 4.52 Å². The molecule has 6 heteroatoms. The molecule has 1 heterocycles. The molecule has 1 aliphatic carbocycles. The number of carbonyl (C=O) groups is 2. The zero-order chi connectivity index (χ0) is 14.9. The van der Waals surface area contributed by atoms with Gasteiger partial charge in [0.2, 0.25) is 5.91 Å². The second-order valence-corrected chi connectivity index (χ2v) is 5.50. The topological polar surface area (TPSA) is 83.6 Å². The van der Waals surface area contributed by atoms with E-state index in [-0.39, 0.29) is 24.9 Å². The minimum absolute atomic E-state index is 0.0463. The van der Waals surface area contributed by atoms with Gasteiger partial charge >= 0.3 is 5.97 Å². The summed E-state index contributed by atoms with van der Waals surface area (Å²) in [6.07, 6.45) is 2.14. The molecule has 0 aliphatic heterocycles. The minimum atomic E-state index is -0.874. The first kappa shape index (κ1) is 14.6. The maximum Gasteiger partial charge on any atom is 0.308 e. The van der Waals surface area contributed by atoms with Gasteiger partial charge in [-0.2, -0.15) is 0 Å². The Bertz CT molecular complexity index is 500. The summed E-state index contributed by atoms with van der Waals surface area (Å²) < 4.78 is 5.06. The van der Waals surface area contributed by atoms with E-state index in [4.69, 9.17) is 9.63 Å². The third-order valence-electron chi connectivity index (χ3n) is 3.71. The molecule has 1 saturated carbocycles. The molecule has 1 aromatic rings. The van der Waals surface area contributed by atoms with Crippen LogP contribution in [-0.2, 0) is 16.0 Å². The zero-order valence-corrected chi connectivity index (χ0v) is 12.0. The van der Waals surface area contributed by atoms with Gasteiger partial charge in [-0.1, -0.05) is 12.1 Å². The summed E-state index contributed by atoms with van der Waals surface area (Å²) in [7, 11) is 0. The number of rotatable bonds is 6. The predicted octanol–water partition coefficient (Wildman–Crippen LogP) is 1.55. The Labute approximate surface area is 117 Å². The molecule has 1 aliphatic rings. The number of carboxylic acid groups (broad SMARTS) is 1. The van der Waals surface area contributed by atoms with Crippen molar-refractivity contribution in [3.8, 4) is 0 Å².